The van der Waals surface area contributed by atoms with Gasteiger partial charge in [-0.05, 0) is 96.0 Å². The SMILES string of the molecule is NC(=O)C1C2C(=O)OC(c3ccccc3)C(c3ccccc3)N2C(c2cccc(OCCO)c2)C12C(=O)N(C(=O)OCc1ccc([N+](=O)[O-])cc1)c1ccc(C#CC3(O)CCCCCC3)cc12. The number of aliphatic hydroxyl groups excluding tert-OH is 1. The summed E-state index contributed by atoms with van der Waals surface area (Å²) in [5, 5.41) is 32.7. The minimum atomic E-state index is -2.16. The third kappa shape index (κ3) is 8.17. The highest BCUT2D eigenvalue weighted by molar-refractivity contribution is 6.23. The molecule has 3 heterocycles. The molecule has 0 radical (unpaired) electrons. The van der Waals surface area contributed by atoms with E-state index in [0.29, 0.717) is 46.4 Å². The van der Waals surface area contributed by atoms with E-state index in [0.717, 1.165) is 30.6 Å². The topological polar surface area (TPSA) is 212 Å². The number of hydrogen-bond donors (Lipinski definition) is 3. The van der Waals surface area contributed by atoms with Crippen LogP contribution >= 0.6 is 0 Å². The molecule has 2 saturated heterocycles. The number of nitrogens with zero attached hydrogens (tertiary/aromatic N) is 3. The van der Waals surface area contributed by atoms with E-state index in [1.54, 1.807) is 36.4 Å². The number of amides is 3. The fourth-order valence-electron chi connectivity index (χ4n) is 10.5. The van der Waals surface area contributed by atoms with Gasteiger partial charge in [-0.2, -0.15) is 0 Å². The van der Waals surface area contributed by atoms with Crippen LogP contribution in [0.4, 0.5) is 16.2 Å². The Bertz CT molecular complexity index is 2770. The fourth-order valence-corrected chi connectivity index (χ4v) is 10.5. The first-order valence-corrected chi connectivity index (χ1v) is 22.3. The molecular formula is C52H48N4O11. The second-order valence-electron chi connectivity index (χ2n) is 17.4. The number of benzene rings is 5. The number of morpholine rings is 1. The Morgan fingerprint density at radius 2 is 1.51 bits per heavy atom. The minimum absolute atomic E-state index is 0.0467. The summed E-state index contributed by atoms with van der Waals surface area (Å²) in [5.41, 5.74) is 5.61. The third-order valence-corrected chi connectivity index (χ3v) is 13.4. The number of carbonyl (C=O) groups excluding carboxylic acids is 4. The van der Waals surface area contributed by atoms with Crippen molar-refractivity contribution in [3.8, 4) is 17.6 Å². The number of non-ortho nitro benzene ring substituents is 1. The molecule has 15 nitrogen and oxygen atoms in total. The van der Waals surface area contributed by atoms with Crippen molar-refractivity contribution >= 4 is 35.3 Å². The molecule has 342 valence electrons. The molecule has 15 heteroatoms. The number of esters is 1. The van der Waals surface area contributed by atoms with Crippen LogP contribution in [0.2, 0.25) is 0 Å². The lowest BCUT2D eigenvalue weighted by atomic mass is 9.65. The molecule has 0 aromatic heterocycles. The summed E-state index contributed by atoms with van der Waals surface area (Å²) >= 11 is 0. The lowest BCUT2D eigenvalue weighted by Crippen LogP contribution is -2.55. The van der Waals surface area contributed by atoms with Crippen LogP contribution in [0, 0.1) is 27.9 Å². The lowest BCUT2D eigenvalue weighted by Gasteiger charge is -2.46. The van der Waals surface area contributed by atoms with E-state index >= 15 is 9.59 Å². The predicted molar refractivity (Wildman–Crippen MR) is 243 cm³/mol. The van der Waals surface area contributed by atoms with E-state index in [2.05, 4.69) is 11.8 Å². The van der Waals surface area contributed by atoms with Gasteiger partial charge in [0.25, 0.3) is 5.69 Å². The van der Waals surface area contributed by atoms with Gasteiger partial charge in [0.1, 0.15) is 42.1 Å². The summed E-state index contributed by atoms with van der Waals surface area (Å²) in [6.07, 6.45) is 2.41. The van der Waals surface area contributed by atoms with Crippen LogP contribution in [0.1, 0.15) is 90.1 Å². The van der Waals surface area contributed by atoms with Gasteiger partial charge in [0.05, 0.1) is 35.2 Å². The summed E-state index contributed by atoms with van der Waals surface area (Å²) in [6.45, 7) is -0.735. The zero-order valence-corrected chi connectivity index (χ0v) is 36.4. The van der Waals surface area contributed by atoms with Gasteiger partial charge in [-0.1, -0.05) is 97.5 Å². The quantitative estimate of drug-likeness (QED) is 0.0430. The maximum absolute atomic E-state index is 16.2. The Labute approximate surface area is 386 Å². The molecule has 3 aliphatic heterocycles. The van der Waals surface area contributed by atoms with E-state index < -0.39 is 70.0 Å². The first-order valence-electron chi connectivity index (χ1n) is 22.3. The highest BCUT2D eigenvalue weighted by atomic mass is 16.6. The molecule has 6 atom stereocenters. The van der Waals surface area contributed by atoms with E-state index in [1.165, 1.54) is 30.3 Å². The first kappa shape index (κ1) is 44.8. The molecule has 3 amide bonds. The van der Waals surface area contributed by atoms with Crippen molar-refractivity contribution in [2.45, 2.75) is 80.4 Å². The van der Waals surface area contributed by atoms with Gasteiger partial charge in [-0.3, -0.25) is 29.4 Å². The maximum Gasteiger partial charge on any atom is 0.421 e. The Morgan fingerprint density at radius 1 is 0.836 bits per heavy atom. The minimum Gasteiger partial charge on any atom is -0.491 e. The Morgan fingerprint density at radius 3 is 2.16 bits per heavy atom. The summed E-state index contributed by atoms with van der Waals surface area (Å²) in [6, 6.07) is 31.7. The molecule has 1 spiro atoms. The molecule has 1 aliphatic carbocycles. The average molecular weight is 905 g/mol. The standard InChI is InChI=1S/C52H48N4O11/c53-47(58)42-44-48(59)67-45(36-14-7-4-8-15-36)43(35-12-5-3-6-13-35)55(44)46(37-16-11-17-39(31-37)65-29-28-57)52(42)40-30-33(24-27-51(62)25-9-1-2-10-26-51)20-23-41(40)54(49(52)60)50(61)66-32-34-18-21-38(22-19-34)56(63)64/h3-8,11-23,30-31,42-46,57,62H,1-2,9-10,25-26,28-29,32H2,(H2,53,58). The molecule has 4 N–H and O–H groups in total. The summed E-state index contributed by atoms with van der Waals surface area (Å²) in [5.74, 6) is 2.13. The molecule has 9 rings (SSSR count). The molecule has 67 heavy (non-hydrogen) atoms. The van der Waals surface area contributed by atoms with Crippen molar-refractivity contribution in [3.05, 3.63) is 171 Å². The number of nitro groups is 1. The van der Waals surface area contributed by atoms with E-state index in [9.17, 15) is 29.9 Å². The van der Waals surface area contributed by atoms with E-state index in [1.807, 2.05) is 65.6 Å². The number of rotatable bonds is 10. The van der Waals surface area contributed by atoms with Gasteiger partial charge in [0, 0.05) is 17.7 Å². The van der Waals surface area contributed by atoms with Crippen LogP contribution in [0.3, 0.4) is 0 Å². The van der Waals surface area contributed by atoms with Crippen LogP contribution in [-0.2, 0) is 35.9 Å². The number of aliphatic hydroxyl groups is 2. The molecule has 5 aromatic carbocycles. The molecule has 6 unspecified atom stereocenters. The summed E-state index contributed by atoms with van der Waals surface area (Å²) in [7, 11) is 0. The molecule has 5 aromatic rings. The average Bonchev–Trinajstić information content (AvgIpc) is 3.68. The van der Waals surface area contributed by atoms with Gasteiger partial charge in [-0.25, -0.2) is 9.69 Å². The molecular weight excluding hydrogens is 857 g/mol. The van der Waals surface area contributed by atoms with Gasteiger partial charge in [-0.15, -0.1) is 0 Å². The second-order valence-corrected chi connectivity index (χ2v) is 17.4. The number of carbonyl (C=O) groups is 4. The monoisotopic (exact) mass is 904 g/mol. The van der Waals surface area contributed by atoms with E-state index in [4.69, 9.17) is 19.9 Å². The maximum atomic E-state index is 16.2. The summed E-state index contributed by atoms with van der Waals surface area (Å²) < 4.78 is 18.1. The Balaban J connectivity index is 1.29. The van der Waals surface area contributed by atoms with Crippen LogP contribution in [0.5, 0.6) is 5.75 Å². The number of primary amides is 1. The van der Waals surface area contributed by atoms with Crippen molar-refractivity contribution < 1.29 is 48.5 Å². The number of imide groups is 1. The number of fused-ring (bicyclic) bond motifs is 3. The molecule has 3 fully saturated rings. The van der Waals surface area contributed by atoms with Gasteiger partial charge in [0.15, 0.2) is 0 Å². The molecule has 1 saturated carbocycles. The Kier molecular flexibility index (Phi) is 12.4. The smallest absolute Gasteiger partial charge is 0.421 e. The van der Waals surface area contributed by atoms with Gasteiger partial charge in [0.2, 0.25) is 11.8 Å². The second kappa shape index (κ2) is 18.5. The van der Waals surface area contributed by atoms with Crippen molar-refractivity contribution in [2.75, 3.05) is 18.1 Å². The zero-order chi connectivity index (χ0) is 46.9. The van der Waals surface area contributed by atoms with Gasteiger partial charge < -0.3 is 30.2 Å². The van der Waals surface area contributed by atoms with Crippen molar-refractivity contribution in [3.63, 3.8) is 0 Å². The van der Waals surface area contributed by atoms with Gasteiger partial charge >= 0.3 is 12.1 Å². The van der Waals surface area contributed by atoms with Crippen LogP contribution in [0.15, 0.2) is 127 Å². The number of nitrogens with two attached hydrogens (primary N) is 1. The highest BCUT2D eigenvalue weighted by Gasteiger charge is 2.75. The van der Waals surface area contributed by atoms with Crippen molar-refractivity contribution in [1.82, 2.24) is 4.90 Å². The summed E-state index contributed by atoms with van der Waals surface area (Å²) in [4.78, 5) is 73.9. The number of anilines is 1. The molecule has 4 aliphatic rings. The number of ether oxygens (including phenoxy) is 3. The Hall–Kier alpha value is -7.38. The van der Waals surface area contributed by atoms with Crippen LogP contribution in [0.25, 0.3) is 0 Å². The fraction of sp³-hybridized carbons (Fsp3) is 0.308. The van der Waals surface area contributed by atoms with E-state index in [-0.39, 0.29) is 36.8 Å². The van der Waals surface area contributed by atoms with Crippen LogP contribution in [-0.4, -0.2) is 68.8 Å². The zero-order valence-electron chi connectivity index (χ0n) is 36.4. The first-order chi connectivity index (χ1) is 32.4. The number of cyclic esters (lactones) is 1. The molecule has 0 bridgehead atoms. The lowest BCUT2D eigenvalue weighted by molar-refractivity contribution is -0.384. The predicted octanol–water partition coefficient (Wildman–Crippen LogP) is 6.89. The van der Waals surface area contributed by atoms with Crippen molar-refractivity contribution in [2.24, 2.45) is 11.7 Å². The highest BCUT2D eigenvalue weighted by Crippen LogP contribution is 2.66. The largest absolute Gasteiger partial charge is 0.491 e. The number of nitro benzene ring substituents is 1. The van der Waals surface area contributed by atoms with Crippen molar-refractivity contribution in [1.29, 1.82) is 0 Å². The normalized spacial score (nSPS) is 24.1. The van der Waals surface area contributed by atoms with Crippen LogP contribution < -0.4 is 15.4 Å². The number of hydrogen-bond acceptors (Lipinski definition) is 12. The third-order valence-electron chi connectivity index (χ3n) is 13.4.